The van der Waals surface area contributed by atoms with Gasteiger partial charge in [-0.25, -0.2) is 19.2 Å². The second kappa shape index (κ2) is 13.6. The Morgan fingerprint density at radius 3 is 2.61 bits per heavy atom. The highest BCUT2D eigenvalue weighted by molar-refractivity contribution is 6.30. The van der Waals surface area contributed by atoms with Crippen molar-refractivity contribution in [3.8, 4) is 5.88 Å². The summed E-state index contributed by atoms with van der Waals surface area (Å²) in [6.07, 6.45) is 2.90. The summed E-state index contributed by atoms with van der Waals surface area (Å²) in [5, 5.41) is 0.350. The van der Waals surface area contributed by atoms with Crippen molar-refractivity contribution in [1.82, 2.24) is 19.4 Å². The molecular formula is C33H36ClFN4O5. The minimum absolute atomic E-state index is 0.0740. The van der Waals surface area contributed by atoms with Gasteiger partial charge < -0.3 is 23.5 Å². The number of hydrogen-bond donors (Lipinski definition) is 0. The number of fused-ring (bicyclic) bond motifs is 1. The molecule has 0 spiro atoms. The van der Waals surface area contributed by atoms with Crippen LogP contribution in [0.15, 0.2) is 54.6 Å². The fraction of sp³-hybridized carbons (Fsp3) is 0.424. The van der Waals surface area contributed by atoms with Crippen LogP contribution < -0.4 is 4.74 Å². The molecule has 11 heteroatoms. The third-order valence-electron chi connectivity index (χ3n) is 8.53. The summed E-state index contributed by atoms with van der Waals surface area (Å²) in [7, 11) is 3.10. The van der Waals surface area contributed by atoms with Gasteiger partial charge in [-0.2, -0.15) is 0 Å². The first-order valence-electron chi connectivity index (χ1n) is 14.9. The fourth-order valence-corrected chi connectivity index (χ4v) is 6.16. The molecule has 2 atom stereocenters. The van der Waals surface area contributed by atoms with E-state index in [0.717, 1.165) is 61.5 Å². The van der Waals surface area contributed by atoms with Gasteiger partial charge in [0.15, 0.2) is 0 Å². The highest BCUT2D eigenvalue weighted by Gasteiger charge is 2.32. The third kappa shape index (κ3) is 6.58. The van der Waals surface area contributed by atoms with Gasteiger partial charge in [-0.05, 0) is 68.8 Å². The van der Waals surface area contributed by atoms with E-state index in [9.17, 15) is 9.18 Å². The monoisotopic (exact) mass is 622 g/mol. The summed E-state index contributed by atoms with van der Waals surface area (Å²) in [6, 6.07) is 15.7. The van der Waals surface area contributed by atoms with E-state index < -0.39 is 5.82 Å². The highest BCUT2D eigenvalue weighted by atomic mass is 35.5. The number of aromatic nitrogens is 3. The van der Waals surface area contributed by atoms with Crippen LogP contribution in [0.2, 0.25) is 5.02 Å². The van der Waals surface area contributed by atoms with E-state index in [1.54, 1.807) is 31.4 Å². The molecule has 232 valence electrons. The molecule has 2 aromatic carbocycles. The van der Waals surface area contributed by atoms with Gasteiger partial charge in [0.1, 0.15) is 18.2 Å². The number of halogens is 2. The Kier molecular flexibility index (Phi) is 9.42. The van der Waals surface area contributed by atoms with E-state index in [1.165, 1.54) is 13.2 Å². The van der Waals surface area contributed by atoms with E-state index in [4.69, 9.17) is 40.5 Å². The van der Waals surface area contributed by atoms with Gasteiger partial charge in [0.2, 0.25) is 5.88 Å². The number of benzene rings is 2. The lowest BCUT2D eigenvalue weighted by atomic mass is 9.92. The Morgan fingerprint density at radius 1 is 1.09 bits per heavy atom. The number of nitrogens with zero attached hydrogens (tertiary/aromatic N) is 4. The number of carbonyl (C=O) groups is 1. The molecule has 2 aliphatic rings. The Morgan fingerprint density at radius 2 is 1.91 bits per heavy atom. The van der Waals surface area contributed by atoms with Crippen LogP contribution in [0, 0.1) is 5.82 Å². The minimum atomic E-state index is -0.399. The van der Waals surface area contributed by atoms with Crippen molar-refractivity contribution in [3.63, 3.8) is 0 Å². The number of carbonyl (C=O) groups excluding carboxylic acids is 1. The van der Waals surface area contributed by atoms with Gasteiger partial charge in [-0.1, -0.05) is 23.7 Å². The third-order valence-corrected chi connectivity index (χ3v) is 8.76. The molecule has 2 aromatic heterocycles. The van der Waals surface area contributed by atoms with Gasteiger partial charge in [0, 0.05) is 42.0 Å². The SMILES string of the molecule is COCC(c1nc2ccc(C(=O)OC)cc2n1CC1CCO1)N1CCC(c2cccc(OCc3ccc(Cl)cc3F)n2)CC1. The zero-order chi connectivity index (χ0) is 30.6. The van der Waals surface area contributed by atoms with Crippen LogP contribution in [0.5, 0.6) is 5.88 Å². The second-order valence-corrected chi connectivity index (χ2v) is 11.7. The van der Waals surface area contributed by atoms with Crippen molar-refractivity contribution in [1.29, 1.82) is 0 Å². The predicted octanol–water partition coefficient (Wildman–Crippen LogP) is 5.95. The zero-order valence-electron chi connectivity index (χ0n) is 24.9. The molecule has 4 heterocycles. The zero-order valence-corrected chi connectivity index (χ0v) is 25.6. The number of imidazole rings is 1. The number of hydrogen-bond acceptors (Lipinski definition) is 8. The maximum Gasteiger partial charge on any atom is 0.337 e. The molecule has 0 N–H and O–H groups in total. The fourth-order valence-electron chi connectivity index (χ4n) is 6.00. The molecular weight excluding hydrogens is 587 g/mol. The van der Waals surface area contributed by atoms with E-state index in [0.29, 0.717) is 35.2 Å². The molecule has 2 aliphatic heterocycles. The van der Waals surface area contributed by atoms with Crippen LogP contribution >= 0.6 is 11.6 Å². The molecule has 44 heavy (non-hydrogen) atoms. The van der Waals surface area contributed by atoms with Gasteiger partial charge >= 0.3 is 5.97 Å². The minimum Gasteiger partial charge on any atom is -0.473 e. The quantitative estimate of drug-likeness (QED) is 0.190. The van der Waals surface area contributed by atoms with Gasteiger partial charge in [0.25, 0.3) is 0 Å². The van der Waals surface area contributed by atoms with Crippen molar-refractivity contribution < 1.29 is 28.1 Å². The molecule has 0 bridgehead atoms. The summed E-state index contributed by atoms with van der Waals surface area (Å²) < 4.78 is 38.7. The summed E-state index contributed by atoms with van der Waals surface area (Å²) in [5.41, 5.74) is 3.59. The van der Waals surface area contributed by atoms with Crippen molar-refractivity contribution in [2.45, 2.75) is 50.5 Å². The number of ether oxygens (including phenoxy) is 4. The Labute approximate surface area is 260 Å². The first-order valence-corrected chi connectivity index (χ1v) is 15.3. The maximum atomic E-state index is 14.2. The molecule has 0 amide bonds. The predicted molar refractivity (Wildman–Crippen MR) is 164 cm³/mol. The molecule has 2 fully saturated rings. The molecule has 0 radical (unpaired) electrons. The van der Waals surface area contributed by atoms with Crippen molar-refractivity contribution in [2.24, 2.45) is 0 Å². The number of esters is 1. The number of piperidine rings is 1. The van der Waals surface area contributed by atoms with Crippen molar-refractivity contribution >= 4 is 28.6 Å². The number of likely N-dealkylation sites (tertiary alicyclic amines) is 1. The number of pyridine rings is 1. The van der Waals surface area contributed by atoms with Crippen LogP contribution in [-0.4, -0.2) is 72.0 Å². The molecule has 4 aromatic rings. The summed E-state index contributed by atoms with van der Waals surface area (Å²) in [6.45, 7) is 3.63. The lowest BCUT2D eigenvalue weighted by Crippen LogP contribution is -2.40. The summed E-state index contributed by atoms with van der Waals surface area (Å²) in [5.74, 6) is 0.853. The molecule has 0 saturated carbocycles. The standard InChI is InChI=1S/C33H36ClFN4O5/c1-41-20-30(32-37-28-9-7-22(33(40)42-2)16-29(28)39(32)18-25-12-15-43-25)38-13-10-21(11-14-38)27-4-3-5-31(36-27)44-19-23-6-8-24(34)17-26(23)35/h3-9,16-17,21,25,30H,10-15,18-20H2,1-2H3. The first-order chi connectivity index (χ1) is 21.4. The van der Waals surface area contributed by atoms with Crippen LogP contribution in [0.4, 0.5) is 4.39 Å². The van der Waals surface area contributed by atoms with E-state index in [1.807, 2.05) is 24.3 Å². The summed E-state index contributed by atoms with van der Waals surface area (Å²) in [4.78, 5) is 24.5. The topological polar surface area (TPSA) is 87.9 Å². The average Bonchev–Trinajstić information content (AvgIpc) is 3.38. The van der Waals surface area contributed by atoms with Crippen molar-refractivity contribution in [3.05, 3.63) is 88.1 Å². The van der Waals surface area contributed by atoms with Crippen molar-refractivity contribution in [2.75, 3.05) is 40.5 Å². The number of methoxy groups -OCH3 is 2. The molecule has 6 rings (SSSR count). The second-order valence-electron chi connectivity index (χ2n) is 11.3. The largest absolute Gasteiger partial charge is 0.473 e. The van der Waals surface area contributed by atoms with Gasteiger partial charge in [-0.3, -0.25) is 4.90 Å². The molecule has 2 saturated heterocycles. The molecule has 9 nitrogen and oxygen atoms in total. The van der Waals surface area contributed by atoms with Crippen LogP contribution in [0.25, 0.3) is 11.0 Å². The van der Waals surface area contributed by atoms with Crippen LogP contribution in [0.3, 0.4) is 0 Å². The van der Waals surface area contributed by atoms with E-state index in [-0.39, 0.29) is 30.6 Å². The smallest absolute Gasteiger partial charge is 0.337 e. The highest BCUT2D eigenvalue weighted by Crippen LogP contribution is 2.34. The van der Waals surface area contributed by atoms with Gasteiger partial charge in [-0.15, -0.1) is 0 Å². The molecule has 2 unspecified atom stereocenters. The lowest BCUT2D eigenvalue weighted by molar-refractivity contribution is -0.0598. The Balaban J connectivity index is 1.18. The Hall–Kier alpha value is -3.57. The normalized spacial score (nSPS) is 18.2. The van der Waals surface area contributed by atoms with E-state index in [2.05, 4.69) is 9.47 Å². The van der Waals surface area contributed by atoms with Crippen LogP contribution in [-0.2, 0) is 27.4 Å². The summed E-state index contributed by atoms with van der Waals surface area (Å²) >= 11 is 5.87. The maximum absolute atomic E-state index is 14.2. The lowest BCUT2D eigenvalue weighted by Gasteiger charge is -2.37. The average molecular weight is 623 g/mol. The van der Waals surface area contributed by atoms with E-state index >= 15 is 0 Å². The first kappa shape index (κ1) is 30.5. The van der Waals surface area contributed by atoms with Gasteiger partial charge in [0.05, 0.1) is 49.0 Å². The Bertz CT molecular complexity index is 1620. The van der Waals surface area contributed by atoms with Crippen LogP contribution in [0.1, 0.15) is 58.7 Å². The molecule has 0 aliphatic carbocycles. The number of rotatable bonds is 11.